The van der Waals surface area contributed by atoms with Crippen LogP contribution in [0.4, 0.5) is 5.69 Å². The summed E-state index contributed by atoms with van der Waals surface area (Å²) in [4.78, 5) is 18.6. The molecule has 0 bridgehead atoms. The maximum absolute atomic E-state index is 11.7. The van der Waals surface area contributed by atoms with Crippen LogP contribution in [0, 0.1) is 0 Å². The molecule has 0 aliphatic carbocycles. The minimum absolute atomic E-state index is 0. The first-order valence-corrected chi connectivity index (χ1v) is 9.34. The van der Waals surface area contributed by atoms with E-state index in [1.807, 2.05) is 13.0 Å². The Morgan fingerprint density at radius 2 is 2.00 bits per heavy atom. The number of hydrogen-bond donors (Lipinski definition) is 3. The van der Waals surface area contributed by atoms with Crippen LogP contribution in [0.1, 0.15) is 33.1 Å². The van der Waals surface area contributed by atoms with E-state index in [9.17, 15) is 4.79 Å². The third-order valence-electron chi connectivity index (χ3n) is 4.18. The van der Waals surface area contributed by atoms with Crippen LogP contribution in [0.2, 0.25) is 0 Å². The van der Waals surface area contributed by atoms with Gasteiger partial charge in [0.05, 0.1) is 6.54 Å². The number of guanidine groups is 1. The summed E-state index contributed by atoms with van der Waals surface area (Å²) < 4.78 is 0. The number of amides is 1. The van der Waals surface area contributed by atoms with Crippen molar-refractivity contribution >= 4 is 41.5 Å². The van der Waals surface area contributed by atoms with Gasteiger partial charge < -0.3 is 20.9 Å². The Morgan fingerprint density at radius 1 is 1.23 bits per heavy atom. The molecule has 1 aliphatic rings. The lowest BCUT2D eigenvalue weighted by Gasteiger charge is -2.20. The van der Waals surface area contributed by atoms with E-state index in [2.05, 4.69) is 57.0 Å². The van der Waals surface area contributed by atoms with E-state index in [4.69, 9.17) is 0 Å². The fourth-order valence-electron chi connectivity index (χ4n) is 2.89. The van der Waals surface area contributed by atoms with E-state index in [0.717, 1.165) is 45.0 Å². The molecule has 0 radical (unpaired) electrons. The summed E-state index contributed by atoms with van der Waals surface area (Å²) in [6, 6.07) is 10.9. The third kappa shape index (κ3) is 7.80. The van der Waals surface area contributed by atoms with E-state index in [0.29, 0.717) is 19.0 Å². The Morgan fingerprint density at radius 3 is 2.69 bits per heavy atom. The van der Waals surface area contributed by atoms with Crippen LogP contribution in [0.25, 0.3) is 0 Å². The van der Waals surface area contributed by atoms with E-state index in [1.54, 1.807) is 0 Å². The highest BCUT2D eigenvalue weighted by Gasteiger charge is 2.23. The van der Waals surface area contributed by atoms with Gasteiger partial charge in [-0.2, -0.15) is 0 Å². The van der Waals surface area contributed by atoms with E-state index >= 15 is 0 Å². The first kappa shape index (κ1) is 22.5. The first-order chi connectivity index (χ1) is 12.2. The van der Waals surface area contributed by atoms with Crippen molar-refractivity contribution in [2.24, 2.45) is 4.99 Å². The topological polar surface area (TPSA) is 68.8 Å². The van der Waals surface area contributed by atoms with Gasteiger partial charge in [0.25, 0.3) is 0 Å². The largest absolute Gasteiger partial charge is 0.369 e. The molecule has 0 saturated carbocycles. The van der Waals surface area contributed by atoms with Crippen molar-refractivity contribution in [2.45, 2.75) is 39.2 Å². The summed E-state index contributed by atoms with van der Waals surface area (Å²) in [7, 11) is 0. The average Bonchev–Trinajstić information content (AvgIpc) is 3.09. The van der Waals surface area contributed by atoms with Gasteiger partial charge in [0.1, 0.15) is 0 Å². The van der Waals surface area contributed by atoms with E-state index in [-0.39, 0.29) is 29.9 Å². The number of rotatable bonds is 8. The van der Waals surface area contributed by atoms with Crippen LogP contribution in [-0.4, -0.2) is 50.6 Å². The molecule has 1 amide bonds. The van der Waals surface area contributed by atoms with E-state index < -0.39 is 0 Å². The number of halogens is 1. The van der Waals surface area contributed by atoms with Gasteiger partial charge in [-0.3, -0.25) is 9.79 Å². The van der Waals surface area contributed by atoms with Gasteiger partial charge in [-0.25, -0.2) is 0 Å². The van der Waals surface area contributed by atoms with Gasteiger partial charge in [-0.05, 0) is 31.9 Å². The molecule has 6 nitrogen and oxygen atoms in total. The molecule has 146 valence electrons. The molecule has 1 aromatic rings. The maximum atomic E-state index is 11.7. The standard InChI is InChI=1S/C19H31N5O.HI/c1-3-12-21-18(25)10-13-22-19(20-4-2)23-16-11-14-24(15-16)17-8-6-5-7-9-17;/h5-9,16H,3-4,10-15H2,1-2H3,(H,21,25)(H2,20,22,23);1H. The fraction of sp³-hybridized carbons (Fsp3) is 0.579. The number of anilines is 1. The van der Waals surface area contributed by atoms with Crippen molar-refractivity contribution in [1.29, 1.82) is 0 Å². The van der Waals surface area contributed by atoms with Gasteiger partial charge in [0, 0.05) is 44.3 Å². The van der Waals surface area contributed by atoms with Crippen LogP contribution >= 0.6 is 24.0 Å². The van der Waals surface area contributed by atoms with Gasteiger partial charge in [-0.1, -0.05) is 25.1 Å². The summed E-state index contributed by atoms with van der Waals surface area (Å²) in [5, 5.41) is 9.65. The molecule has 1 saturated heterocycles. The molecule has 1 aliphatic heterocycles. The number of carbonyl (C=O) groups is 1. The second-order valence-corrected chi connectivity index (χ2v) is 6.27. The van der Waals surface area contributed by atoms with E-state index in [1.165, 1.54) is 5.69 Å². The molecule has 26 heavy (non-hydrogen) atoms. The van der Waals surface area contributed by atoms with Crippen LogP contribution in [0.15, 0.2) is 35.3 Å². The van der Waals surface area contributed by atoms with Gasteiger partial charge in [0.15, 0.2) is 5.96 Å². The zero-order chi connectivity index (χ0) is 17.9. The highest BCUT2D eigenvalue weighted by atomic mass is 127. The Kier molecular flexibility index (Phi) is 11.1. The van der Waals surface area contributed by atoms with Crippen molar-refractivity contribution in [3.05, 3.63) is 30.3 Å². The number of nitrogens with one attached hydrogen (secondary N) is 3. The maximum Gasteiger partial charge on any atom is 0.221 e. The minimum atomic E-state index is 0. The predicted octanol–water partition coefficient (Wildman–Crippen LogP) is 2.35. The van der Waals surface area contributed by atoms with Crippen molar-refractivity contribution in [2.75, 3.05) is 37.6 Å². The summed E-state index contributed by atoms with van der Waals surface area (Å²) >= 11 is 0. The molecule has 1 heterocycles. The first-order valence-electron chi connectivity index (χ1n) is 9.34. The second-order valence-electron chi connectivity index (χ2n) is 6.27. The second kappa shape index (κ2) is 12.8. The SMILES string of the molecule is CCCNC(=O)CCN=C(NCC)NC1CCN(c2ccccc2)C1.I. The average molecular weight is 473 g/mol. The summed E-state index contributed by atoms with van der Waals surface area (Å²) in [6.45, 7) is 8.15. The normalized spacial score (nSPS) is 16.8. The molecular formula is C19H32IN5O. The molecule has 1 unspecified atom stereocenters. The Hall–Kier alpha value is -1.51. The molecule has 2 rings (SSSR count). The summed E-state index contributed by atoms with van der Waals surface area (Å²) in [5.41, 5.74) is 1.27. The lowest BCUT2D eigenvalue weighted by atomic mass is 10.3. The van der Waals surface area contributed by atoms with Crippen LogP contribution in [0.3, 0.4) is 0 Å². The van der Waals surface area contributed by atoms with Crippen LogP contribution in [-0.2, 0) is 4.79 Å². The van der Waals surface area contributed by atoms with Crippen LogP contribution in [0.5, 0.6) is 0 Å². The lowest BCUT2D eigenvalue weighted by molar-refractivity contribution is -0.120. The molecule has 1 fully saturated rings. The lowest BCUT2D eigenvalue weighted by Crippen LogP contribution is -2.44. The highest BCUT2D eigenvalue weighted by molar-refractivity contribution is 14.0. The van der Waals surface area contributed by atoms with Gasteiger partial charge in [-0.15, -0.1) is 24.0 Å². The van der Waals surface area contributed by atoms with Crippen molar-refractivity contribution in [3.8, 4) is 0 Å². The number of benzene rings is 1. The van der Waals surface area contributed by atoms with Gasteiger partial charge >= 0.3 is 0 Å². The third-order valence-corrected chi connectivity index (χ3v) is 4.18. The Balaban J connectivity index is 0.00000338. The molecule has 7 heteroatoms. The zero-order valence-corrected chi connectivity index (χ0v) is 18.2. The number of nitrogens with zero attached hydrogens (tertiary/aromatic N) is 2. The zero-order valence-electron chi connectivity index (χ0n) is 15.8. The number of hydrogen-bond acceptors (Lipinski definition) is 3. The molecule has 1 atom stereocenters. The van der Waals surface area contributed by atoms with Crippen molar-refractivity contribution < 1.29 is 4.79 Å². The Bertz CT molecular complexity index is 552. The molecule has 1 aromatic carbocycles. The summed E-state index contributed by atoms with van der Waals surface area (Å²) in [6.07, 6.45) is 2.46. The predicted molar refractivity (Wildman–Crippen MR) is 120 cm³/mol. The molecule has 0 aromatic heterocycles. The molecule has 0 spiro atoms. The quantitative estimate of drug-likeness (QED) is 0.308. The molecular weight excluding hydrogens is 441 g/mol. The van der Waals surface area contributed by atoms with Crippen molar-refractivity contribution in [1.82, 2.24) is 16.0 Å². The molecule has 3 N–H and O–H groups in total. The minimum Gasteiger partial charge on any atom is -0.369 e. The van der Waals surface area contributed by atoms with Crippen LogP contribution < -0.4 is 20.9 Å². The van der Waals surface area contributed by atoms with Crippen molar-refractivity contribution in [3.63, 3.8) is 0 Å². The van der Waals surface area contributed by atoms with Gasteiger partial charge in [0.2, 0.25) is 5.91 Å². The number of aliphatic imine (C=N–C) groups is 1. The fourth-order valence-corrected chi connectivity index (χ4v) is 2.89. The summed E-state index contributed by atoms with van der Waals surface area (Å²) in [5.74, 6) is 0.864. The number of para-hydroxylation sites is 1. The smallest absolute Gasteiger partial charge is 0.221 e. The highest BCUT2D eigenvalue weighted by Crippen LogP contribution is 2.19. The Labute approximate surface area is 174 Å². The number of carbonyl (C=O) groups excluding carboxylic acids is 1. The monoisotopic (exact) mass is 473 g/mol.